The van der Waals surface area contributed by atoms with E-state index < -0.39 is 11.6 Å². The Hall–Kier alpha value is -2.43. The molecule has 21 heavy (non-hydrogen) atoms. The second kappa shape index (κ2) is 5.16. The predicted molar refractivity (Wildman–Crippen MR) is 79.2 cm³/mol. The van der Waals surface area contributed by atoms with Crippen LogP contribution >= 0.6 is 0 Å². The van der Waals surface area contributed by atoms with Crippen molar-refractivity contribution in [2.24, 2.45) is 10.7 Å². The first-order chi connectivity index (χ1) is 10.1. The Morgan fingerprint density at radius 1 is 1.14 bits per heavy atom. The van der Waals surface area contributed by atoms with E-state index in [1.165, 1.54) is 12.1 Å². The molecule has 0 aliphatic carbocycles. The minimum absolute atomic E-state index is 0.340. The Kier molecular flexibility index (Phi) is 3.33. The second-order valence-corrected chi connectivity index (χ2v) is 5.09. The lowest BCUT2D eigenvalue weighted by Crippen LogP contribution is -2.36. The minimum atomic E-state index is -0.593. The van der Waals surface area contributed by atoms with Gasteiger partial charge in [-0.1, -0.05) is 23.8 Å². The normalized spacial score (nSPS) is 18.0. The highest BCUT2D eigenvalue weighted by Gasteiger charge is 2.30. The number of nitrogens with zero attached hydrogens (tertiary/aromatic N) is 2. The van der Waals surface area contributed by atoms with Crippen LogP contribution in [0.1, 0.15) is 17.2 Å². The summed E-state index contributed by atoms with van der Waals surface area (Å²) < 4.78 is 27.1. The van der Waals surface area contributed by atoms with Gasteiger partial charge in [-0.2, -0.15) is 0 Å². The van der Waals surface area contributed by atoms with E-state index in [9.17, 15) is 8.78 Å². The van der Waals surface area contributed by atoms with Gasteiger partial charge in [0.05, 0.1) is 12.6 Å². The monoisotopic (exact) mass is 287 g/mol. The van der Waals surface area contributed by atoms with Crippen LogP contribution in [0.2, 0.25) is 0 Å². The van der Waals surface area contributed by atoms with Crippen molar-refractivity contribution in [3.05, 3.63) is 65.2 Å². The molecule has 1 heterocycles. The lowest BCUT2D eigenvalue weighted by Gasteiger charge is -2.27. The Morgan fingerprint density at radius 3 is 2.52 bits per heavy atom. The highest BCUT2D eigenvalue weighted by molar-refractivity contribution is 5.97. The first-order valence-electron chi connectivity index (χ1n) is 6.67. The molecule has 3 nitrogen and oxygen atoms in total. The summed E-state index contributed by atoms with van der Waals surface area (Å²) in [5.41, 5.74) is 8.29. The molecule has 2 aromatic rings. The van der Waals surface area contributed by atoms with Gasteiger partial charge < -0.3 is 10.6 Å². The zero-order valence-corrected chi connectivity index (χ0v) is 11.6. The zero-order valence-electron chi connectivity index (χ0n) is 11.6. The molecule has 108 valence electrons. The van der Waals surface area contributed by atoms with E-state index >= 15 is 0 Å². The van der Waals surface area contributed by atoms with Gasteiger partial charge in [0.25, 0.3) is 0 Å². The van der Waals surface area contributed by atoms with Crippen LogP contribution in [-0.2, 0) is 0 Å². The van der Waals surface area contributed by atoms with Crippen molar-refractivity contribution in [2.75, 3.05) is 11.4 Å². The van der Waals surface area contributed by atoms with Crippen LogP contribution in [0.5, 0.6) is 0 Å². The molecule has 0 radical (unpaired) electrons. The lowest BCUT2D eigenvalue weighted by molar-refractivity contribution is 0.560. The van der Waals surface area contributed by atoms with E-state index in [4.69, 9.17) is 5.73 Å². The van der Waals surface area contributed by atoms with Crippen LogP contribution < -0.4 is 10.6 Å². The molecule has 3 rings (SSSR count). The summed E-state index contributed by atoms with van der Waals surface area (Å²) >= 11 is 0. The molecule has 2 N–H and O–H groups in total. The maximum atomic E-state index is 14.0. The number of hydrogen-bond donors (Lipinski definition) is 1. The molecule has 5 heteroatoms. The van der Waals surface area contributed by atoms with E-state index in [2.05, 4.69) is 4.99 Å². The first kappa shape index (κ1) is 13.5. The number of anilines is 1. The average Bonchev–Trinajstić information content (AvgIpc) is 2.82. The molecule has 1 aliphatic heterocycles. The van der Waals surface area contributed by atoms with E-state index in [-0.39, 0.29) is 6.04 Å². The highest BCUT2D eigenvalue weighted by Crippen LogP contribution is 2.32. The van der Waals surface area contributed by atoms with Crippen molar-refractivity contribution in [3.8, 4) is 0 Å². The van der Waals surface area contributed by atoms with E-state index in [0.29, 0.717) is 18.1 Å². The van der Waals surface area contributed by atoms with Crippen molar-refractivity contribution in [2.45, 2.75) is 13.0 Å². The highest BCUT2D eigenvalue weighted by atomic mass is 19.1. The standard InChI is InChI=1S/C16H15F2N3/c1-10-2-5-12(6-3-10)21-15(9-20-16(21)19)13-7-4-11(17)8-14(13)18/h2-8,15H,9H2,1H3,(H2,19,20). The number of aliphatic imine (C=N–C) groups is 1. The van der Waals surface area contributed by atoms with Crippen molar-refractivity contribution in [3.63, 3.8) is 0 Å². The maximum absolute atomic E-state index is 14.0. The van der Waals surface area contributed by atoms with E-state index in [1.807, 2.05) is 31.2 Å². The molecule has 2 aromatic carbocycles. The molecule has 1 atom stereocenters. The summed E-state index contributed by atoms with van der Waals surface area (Å²) in [5.74, 6) is -0.834. The molecular formula is C16H15F2N3. The van der Waals surface area contributed by atoms with Gasteiger partial charge in [-0.15, -0.1) is 0 Å². The fourth-order valence-corrected chi connectivity index (χ4v) is 2.52. The zero-order chi connectivity index (χ0) is 15.0. The quantitative estimate of drug-likeness (QED) is 0.922. The van der Waals surface area contributed by atoms with Crippen LogP contribution in [0.25, 0.3) is 0 Å². The van der Waals surface area contributed by atoms with Crippen molar-refractivity contribution in [1.29, 1.82) is 0 Å². The van der Waals surface area contributed by atoms with Gasteiger partial charge in [-0.25, -0.2) is 8.78 Å². The molecule has 0 saturated heterocycles. The fourth-order valence-electron chi connectivity index (χ4n) is 2.52. The van der Waals surface area contributed by atoms with Crippen LogP contribution in [0.3, 0.4) is 0 Å². The molecule has 0 spiro atoms. The first-order valence-corrected chi connectivity index (χ1v) is 6.67. The maximum Gasteiger partial charge on any atom is 0.196 e. The van der Waals surface area contributed by atoms with Crippen LogP contribution in [0.15, 0.2) is 47.5 Å². The van der Waals surface area contributed by atoms with Gasteiger partial charge in [-0.05, 0) is 25.1 Å². The molecular weight excluding hydrogens is 272 g/mol. The number of aryl methyl sites for hydroxylation is 1. The average molecular weight is 287 g/mol. The van der Waals surface area contributed by atoms with Gasteiger partial charge in [-0.3, -0.25) is 4.99 Å². The van der Waals surface area contributed by atoms with Gasteiger partial charge >= 0.3 is 0 Å². The van der Waals surface area contributed by atoms with E-state index in [1.54, 1.807) is 4.90 Å². The molecule has 1 unspecified atom stereocenters. The Labute approximate surface area is 121 Å². The number of guanidine groups is 1. The molecule has 0 bridgehead atoms. The van der Waals surface area contributed by atoms with Crippen molar-refractivity contribution >= 4 is 11.6 Å². The summed E-state index contributed by atoms with van der Waals surface area (Å²) in [4.78, 5) is 5.97. The van der Waals surface area contributed by atoms with Crippen molar-refractivity contribution < 1.29 is 8.78 Å². The van der Waals surface area contributed by atoms with Gasteiger partial charge in [0.15, 0.2) is 5.96 Å². The third-order valence-corrected chi connectivity index (χ3v) is 3.62. The van der Waals surface area contributed by atoms with Crippen LogP contribution in [-0.4, -0.2) is 12.5 Å². The summed E-state index contributed by atoms with van der Waals surface area (Å²) in [5, 5.41) is 0. The summed E-state index contributed by atoms with van der Waals surface area (Å²) in [6, 6.07) is 11.0. The number of rotatable bonds is 2. The SMILES string of the molecule is Cc1ccc(N2C(N)=NCC2c2ccc(F)cc2F)cc1. The van der Waals surface area contributed by atoms with Crippen LogP contribution in [0.4, 0.5) is 14.5 Å². The number of halogens is 2. The second-order valence-electron chi connectivity index (χ2n) is 5.09. The smallest absolute Gasteiger partial charge is 0.196 e. The lowest BCUT2D eigenvalue weighted by atomic mass is 10.0. The third kappa shape index (κ3) is 2.46. The minimum Gasteiger partial charge on any atom is -0.369 e. The van der Waals surface area contributed by atoms with Gasteiger partial charge in [0.2, 0.25) is 0 Å². The molecule has 0 saturated carbocycles. The largest absolute Gasteiger partial charge is 0.369 e. The molecule has 0 fully saturated rings. The van der Waals surface area contributed by atoms with E-state index in [0.717, 1.165) is 17.3 Å². The Morgan fingerprint density at radius 2 is 1.86 bits per heavy atom. The fraction of sp³-hybridized carbons (Fsp3) is 0.188. The third-order valence-electron chi connectivity index (χ3n) is 3.62. The summed E-state index contributed by atoms with van der Waals surface area (Å²) in [6.07, 6.45) is 0. The van der Waals surface area contributed by atoms with Gasteiger partial charge in [0.1, 0.15) is 11.6 Å². The molecule has 0 amide bonds. The topological polar surface area (TPSA) is 41.6 Å². The number of nitrogens with two attached hydrogens (primary N) is 1. The number of hydrogen-bond acceptors (Lipinski definition) is 3. The Bertz CT molecular complexity index is 695. The van der Waals surface area contributed by atoms with Crippen LogP contribution in [0, 0.1) is 18.6 Å². The van der Waals surface area contributed by atoms with Gasteiger partial charge in [0, 0.05) is 17.3 Å². The number of benzene rings is 2. The molecule has 0 aromatic heterocycles. The summed E-state index contributed by atoms with van der Waals surface area (Å²) in [6.45, 7) is 2.34. The summed E-state index contributed by atoms with van der Waals surface area (Å²) in [7, 11) is 0. The van der Waals surface area contributed by atoms with Crippen molar-refractivity contribution in [1.82, 2.24) is 0 Å². The molecule has 1 aliphatic rings. The predicted octanol–water partition coefficient (Wildman–Crippen LogP) is 3.15. The Balaban J connectivity index is 2.00.